The Balaban J connectivity index is 1.56. The zero-order valence-electron chi connectivity index (χ0n) is 17.0. The predicted octanol–water partition coefficient (Wildman–Crippen LogP) is 1.99. The summed E-state index contributed by atoms with van der Waals surface area (Å²) >= 11 is 0. The average Bonchev–Trinajstić information content (AvgIpc) is 3.14. The normalized spacial score (nSPS) is 27.7. The number of benzene rings is 1. The zero-order chi connectivity index (χ0) is 20.9. The first kappa shape index (κ1) is 22.0. The number of carbonyl (C=O) groups excluding carboxylic acids is 1. The highest BCUT2D eigenvalue weighted by Crippen LogP contribution is 2.34. The van der Waals surface area contributed by atoms with Crippen LogP contribution in [0.25, 0.3) is 0 Å². The lowest BCUT2D eigenvalue weighted by Gasteiger charge is -2.32. The molecule has 2 fully saturated rings. The Hall–Kier alpha value is -1.68. The lowest BCUT2D eigenvalue weighted by molar-refractivity contribution is -0.00536. The van der Waals surface area contributed by atoms with Gasteiger partial charge in [0.25, 0.3) is 10.2 Å². The third-order valence-corrected chi connectivity index (χ3v) is 7.13. The van der Waals surface area contributed by atoms with E-state index in [1.807, 2.05) is 6.07 Å². The van der Waals surface area contributed by atoms with Gasteiger partial charge in [0.2, 0.25) is 0 Å². The van der Waals surface area contributed by atoms with Crippen molar-refractivity contribution in [2.45, 2.75) is 56.2 Å². The standard InChI is InChI=1S/C20H31N3O5S/c1-21-29(25,26)22-18-12-13-23(20(24)27-2)19(18)14-28-17-10-8-16(9-11-17)15-6-4-3-5-7-15/h3-7,16-19,21-22H,8-14H2,1-2H3/t16?,17?,18?,19-/m0/s1. The SMILES string of the molecule is CNS(=O)(=O)NC1CCN(C(=O)OC)[C@H]1COC1CCC(c2ccccc2)CC1. The van der Waals surface area contributed by atoms with Crippen LogP contribution in [0.2, 0.25) is 0 Å². The van der Waals surface area contributed by atoms with Gasteiger partial charge in [0, 0.05) is 19.6 Å². The second-order valence-electron chi connectivity index (χ2n) is 7.67. The molecule has 9 heteroatoms. The van der Waals surface area contributed by atoms with Crippen LogP contribution in [0.4, 0.5) is 4.79 Å². The van der Waals surface area contributed by atoms with Crippen LogP contribution in [-0.2, 0) is 19.7 Å². The predicted molar refractivity (Wildman–Crippen MR) is 110 cm³/mol. The van der Waals surface area contributed by atoms with Gasteiger partial charge < -0.3 is 14.4 Å². The lowest BCUT2D eigenvalue weighted by atomic mass is 9.83. The largest absolute Gasteiger partial charge is 0.453 e. The fourth-order valence-corrected chi connectivity index (χ4v) is 5.11. The van der Waals surface area contributed by atoms with E-state index in [1.54, 1.807) is 4.90 Å². The number of likely N-dealkylation sites (tertiary alicyclic amines) is 1. The Labute approximate surface area is 173 Å². The lowest BCUT2D eigenvalue weighted by Crippen LogP contribution is -2.51. The molecule has 0 aromatic heterocycles. The van der Waals surface area contributed by atoms with Crippen molar-refractivity contribution in [2.75, 3.05) is 27.3 Å². The maximum absolute atomic E-state index is 12.1. The molecule has 8 nitrogen and oxygen atoms in total. The maximum Gasteiger partial charge on any atom is 0.409 e. The summed E-state index contributed by atoms with van der Waals surface area (Å²) in [5.74, 6) is 0.560. The van der Waals surface area contributed by atoms with E-state index in [0.29, 0.717) is 18.9 Å². The summed E-state index contributed by atoms with van der Waals surface area (Å²) < 4.78 is 39.7. The molecule has 0 spiro atoms. The summed E-state index contributed by atoms with van der Waals surface area (Å²) in [6.45, 7) is 0.713. The fraction of sp³-hybridized carbons (Fsp3) is 0.650. The van der Waals surface area contributed by atoms with Gasteiger partial charge in [-0.2, -0.15) is 13.1 Å². The second kappa shape index (κ2) is 9.88. The van der Waals surface area contributed by atoms with Crippen LogP contribution >= 0.6 is 0 Å². The molecule has 1 saturated carbocycles. The van der Waals surface area contributed by atoms with Crippen molar-refractivity contribution in [3.05, 3.63) is 35.9 Å². The molecular weight excluding hydrogens is 394 g/mol. The zero-order valence-corrected chi connectivity index (χ0v) is 17.9. The van der Waals surface area contributed by atoms with Crippen molar-refractivity contribution in [3.8, 4) is 0 Å². The maximum atomic E-state index is 12.1. The van der Waals surface area contributed by atoms with Gasteiger partial charge in [-0.25, -0.2) is 9.52 Å². The van der Waals surface area contributed by atoms with Crippen LogP contribution in [0.15, 0.2) is 30.3 Å². The molecule has 2 N–H and O–H groups in total. The first-order valence-electron chi connectivity index (χ1n) is 10.2. The van der Waals surface area contributed by atoms with Crippen LogP contribution in [0.1, 0.15) is 43.6 Å². The van der Waals surface area contributed by atoms with Crippen LogP contribution in [0.5, 0.6) is 0 Å². The number of nitrogens with one attached hydrogen (secondary N) is 2. The van der Waals surface area contributed by atoms with Crippen LogP contribution in [0, 0.1) is 0 Å². The molecule has 1 aromatic rings. The molecule has 0 bridgehead atoms. The first-order valence-corrected chi connectivity index (χ1v) is 11.6. The van der Waals surface area contributed by atoms with E-state index in [9.17, 15) is 13.2 Å². The summed E-state index contributed by atoms with van der Waals surface area (Å²) in [6.07, 6.45) is 4.22. The molecule has 2 atom stereocenters. The monoisotopic (exact) mass is 425 g/mol. The van der Waals surface area contributed by atoms with Crippen LogP contribution in [-0.4, -0.2) is 64.9 Å². The van der Waals surface area contributed by atoms with Crippen LogP contribution in [0.3, 0.4) is 0 Å². The molecule has 1 unspecified atom stereocenters. The van der Waals surface area contributed by atoms with Crippen LogP contribution < -0.4 is 9.44 Å². The highest BCUT2D eigenvalue weighted by atomic mass is 32.2. The molecule has 1 aliphatic heterocycles. The van der Waals surface area contributed by atoms with E-state index < -0.39 is 28.4 Å². The van der Waals surface area contributed by atoms with Crippen molar-refractivity contribution in [3.63, 3.8) is 0 Å². The number of carbonyl (C=O) groups is 1. The molecule has 1 amide bonds. The Morgan fingerprint density at radius 3 is 2.45 bits per heavy atom. The Kier molecular flexibility index (Phi) is 7.50. The summed E-state index contributed by atoms with van der Waals surface area (Å²) in [7, 11) is -0.924. The number of methoxy groups -OCH3 is 1. The molecule has 29 heavy (non-hydrogen) atoms. The van der Waals surface area contributed by atoms with Gasteiger partial charge >= 0.3 is 6.09 Å². The summed E-state index contributed by atoms with van der Waals surface area (Å²) in [5, 5.41) is 0. The summed E-state index contributed by atoms with van der Waals surface area (Å²) in [6, 6.07) is 9.74. The van der Waals surface area contributed by atoms with E-state index in [-0.39, 0.29) is 12.7 Å². The molecule has 1 heterocycles. The second-order valence-corrected chi connectivity index (χ2v) is 9.32. The summed E-state index contributed by atoms with van der Waals surface area (Å²) in [4.78, 5) is 13.7. The van der Waals surface area contributed by atoms with Crippen molar-refractivity contribution in [1.82, 2.24) is 14.3 Å². The molecular formula is C20H31N3O5S. The van der Waals surface area contributed by atoms with E-state index in [1.165, 1.54) is 19.7 Å². The number of hydrogen-bond donors (Lipinski definition) is 2. The Morgan fingerprint density at radius 1 is 1.14 bits per heavy atom. The highest BCUT2D eigenvalue weighted by molar-refractivity contribution is 7.87. The highest BCUT2D eigenvalue weighted by Gasteiger charge is 2.40. The number of rotatable bonds is 7. The Bertz CT molecular complexity index is 766. The molecule has 3 rings (SSSR count). The van der Waals surface area contributed by atoms with Crippen molar-refractivity contribution in [2.24, 2.45) is 0 Å². The quantitative estimate of drug-likeness (QED) is 0.696. The van der Waals surface area contributed by atoms with Crippen molar-refractivity contribution >= 4 is 16.3 Å². The first-order chi connectivity index (χ1) is 13.9. The number of amides is 1. The van der Waals surface area contributed by atoms with Gasteiger partial charge in [-0.3, -0.25) is 0 Å². The van der Waals surface area contributed by atoms with Gasteiger partial charge in [-0.15, -0.1) is 0 Å². The average molecular weight is 426 g/mol. The molecule has 1 aromatic carbocycles. The van der Waals surface area contributed by atoms with Crippen molar-refractivity contribution < 1.29 is 22.7 Å². The van der Waals surface area contributed by atoms with E-state index in [2.05, 4.69) is 33.7 Å². The molecule has 162 valence electrons. The molecule has 1 aliphatic carbocycles. The number of nitrogens with zero attached hydrogens (tertiary/aromatic N) is 1. The van der Waals surface area contributed by atoms with Crippen molar-refractivity contribution in [1.29, 1.82) is 0 Å². The van der Waals surface area contributed by atoms with Gasteiger partial charge in [-0.05, 0) is 43.6 Å². The van der Waals surface area contributed by atoms with Gasteiger partial charge in [-0.1, -0.05) is 30.3 Å². The topological polar surface area (TPSA) is 97.0 Å². The molecule has 1 saturated heterocycles. The van der Waals surface area contributed by atoms with E-state index in [4.69, 9.17) is 9.47 Å². The van der Waals surface area contributed by atoms with E-state index in [0.717, 1.165) is 25.7 Å². The third-order valence-electron chi connectivity index (χ3n) is 5.98. The third kappa shape index (κ3) is 5.69. The number of hydrogen-bond acceptors (Lipinski definition) is 5. The number of ether oxygens (including phenoxy) is 2. The molecule has 0 radical (unpaired) electrons. The Morgan fingerprint density at radius 2 is 1.83 bits per heavy atom. The van der Waals surface area contributed by atoms with Gasteiger partial charge in [0.05, 0.1) is 25.9 Å². The smallest absolute Gasteiger partial charge is 0.409 e. The summed E-state index contributed by atoms with van der Waals surface area (Å²) in [5.41, 5.74) is 1.38. The van der Waals surface area contributed by atoms with E-state index >= 15 is 0 Å². The molecule has 2 aliphatic rings. The van der Waals surface area contributed by atoms with Gasteiger partial charge in [0.1, 0.15) is 0 Å². The minimum atomic E-state index is -3.61. The minimum absolute atomic E-state index is 0.122. The fourth-order valence-electron chi connectivity index (χ4n) is 4.32. The van der Waals surface area contributed by atoms with Gasteiger partial charge in [0.15, 0.2) is 0 Å². The minimum Gasteiger partial charge on any atom is -0.453 e.